The van der Waals surface area contributed by atoms with E-state index in [9.17, 15) is 9.90 Å². The molecule has 1 amide bonds. The Morgan fingerprint density at radius 3 is 2.64 bits per heavy atom. The molecule has 6 heteroatoms. The molecule has 2 aromatic rings. The standard InChI is InChI=1S/C19H23N3O3/c1-3-18(21-15-8-10-17(11-9-15)25-4-2)19(24)22-20-13-14-6-5-7-16(23)12-14/h5-13,18,21,23H,3-4H2,1-2H3,(H,22,24)/b20-13-/t18-/m1/s1. The first-order chi connectivity index (χ1) is 12.1. The second kappa shape index (κ2) is 9.32. The number of nitrogens with one attached hydrogen (secondary N) is 2. The third-order valence-corrected chi connectivity index (χ3v) is 3.49. The molecule has 0 fully saturated rings. The van der Waals surface area contributed by atoms with Crippen molar-refractivity contribution in [2.24, 2.45) is 5.10 Å². The van der Waals surface area contributed by atoms with Gasteiger partial charge in [0.2, 0.25) is 0 Å². The smallest absolute Gasteiger partial charge is 0.262 e. The minimum Gasteiger partial charge on any atom is -0.508 e. The molecule has 2 aromatic carbocycles. The van der Waals surface area contributed by atoms with Gasteiger partial charge in [0, 0.05) is 5.69 Å². The number of nitrogens with zero attached hydrogens (tertiary/aromatic N) is 1. The van der Waals surface area contributed by atoms with E-state index in [1.807, 2.05) is 38.1 Å². The summed E-state index contributed by atoms with van der Waals surface area (Å²) in [6.07, 6.45) is 2.10. The van der Waals surface area contributed by atoms with Crippen LogP contribution in [-0.4, -0.2) is 29.9 Å². The number of hydrogen-bond acceptors (Lipinski definition) is 5. The Balaban J connectivity index is 1.91. The summed E-state index contributed by atoms with van der Waals surface area (Å²) in [5.74, 6) is 0.716. The number of anilines is 1. The van der Waals surface area contributed by atoms with Gasteiger partial charge in [0.1, 0.15) is 17.5 Å². The van der Waals surface area contributed by atoms with Crippen LogP contribution in [0.15, 0.2) is 53.6 Å². The second-order valence-corrected chi connectivity index (χ2v) is 5.39. The van der Waals surface area contributed by atoms with Crippen molar-refractivity contribution in [1.29, 1.82) is 0 Å². The molecule has 0 heterocycles. The summed E-state index contributed by atoms with van der Waals surface area (Å²) in [6, 6.07) is 13.7. The van der Waals surface area contributed by atoms with E-state index < -0.39 is 6.04 Å². The van der Waals surface area contributed by atoms with Crippen LogP contribution in [0.3, 0.4) is 0 Å². The highest BCUT2D eigenvalue weighted by molar-refractivity contribution is 5.86. The number of benzene rings is 2. The summed E-state index contributed by atoms with van der Waals surface area (Å²) in [5.41, 5.74) is 4.05. The second-order valence-electron chi connectivity index (χ2n) is 5.39. The molecule has 0 aliphatic rings. The number of ether oxygens (including phenoxy) is 1. The van der Waals surface area contributed by atoms with Crippen molar-refractivity contribution in [2.75, 3.05) is 11.9 Å². The van der Waals surface area contributed by atoms with Crippen molar-refractivity contribution >= 4 is 17.8 Å². The summed E-state index contributed by atoms with van der Waals surface area (Å²) >= 11 is 0. The molecule has 0 radical (unpaired) electrons. The van der Waals surface area contributed by atoms with Gasteiger partial charge in [0.25, 0.3) is 5.91 Å². The minimum absolute atomic E-state index is 0.152. The summed E-state index contributed by atoms with van der Waals surface area (Å²) in [4.78, 5) is 12.2. The zero-order valence-electron chi connectivity index (χ0n) is 14.4. The number of phenolic OH excluding ortho intramolecular Hbond substituents is 1. The molecule has 1 atom stereocenters. The molecule has 132 valence electrons. The Kier molecular flexibility index (Phi) is 6.83. The number of hydrazone groups is 1. The summed E-state index contributed by atoms with van der Waals surface area (Å²) in [7, 11) is 0. The van der Waals surface area contributed by atoms with Gasteiger partial charge in [-0.15, -0.1) is 0 Å². The number of carbonyl (C=O) groups excluding carboxylic acids is 1. The highest BCUT2D eigenvalue weighted by Crippen LogP contribution is 2.17. The lowest BCUT2D eigenvalue weighted by Crippen LogP contribution is -2.36. The van der Waals surface area contributed by atoms with Gasteiger partial charge in [-0.2, -0.15) is 5.10 Å². The van der Waals surface area contributed by atoms with Gasteiger partial charge in [0.05, 0.1) is 12.8 Å². The van der Waals surface area contributed by atoms with Crippen LogP contribution in [0.2, 0.25) is 0 Å². The molecule has 0 spiro atoms. The van der Waals surface area contributed by atoms with Gasteiger partial charge in [-0.1, -0.05) is 19.1 Å². The zero-order valence-corrected chi connectivity index (χ0v) is 14.4. The minimum atomic E-state index is -0.403. The molecule has 0 aromatic heterocycles. The summed E-state index contributed by atoms with van der Waals surface area (Å²) in [5, 5.41) is 16.5. The lowest BCUT2D eigenvalue weighted by atomic mass is 10.2. The third-order valence-electron chi connectivity index (χ3n) is 3.49. The highest BCUT2D eigenvalue weighted by Gasteiger charge is 2.15. The molecule has 2 rings (SSSR count). The number of aromatic hydroxyl groups is 1. The highest BCUT2D eigenvalue weighted by atomic mass is 16.5. The number of hydrogen-bond donors (Lipinski definition) is 3. The first-order valence-electron chi connectivity index (χ1n) is 8.23. The maximum atomic E-state index is 12.2. The van der Waals surface area contributed by atoms with E-state index in [4.69, 9.17) is 4.74 Å². The van der Waals surface area contributed by atoms with Crippen LogP contribution in [-0.2, 0) is 4.79 Å². The quantitative estimate of drug-likeness (QED) is 0.509. The third kappa shape index (κ3) is 5.84. The van der Waals surface area contributed by atoms with Crippen LogP contribution in [0.4, 0.5) is 5.69 Å². The fraction of sp³-hybridized carbons (Fsp3) is 0.263. The maximum Gasteiger partial charge on any atom is 0.262 e. The first-order valence-corrected chi connectivity index (χ1v) is 8.23. The Morgan fingerprint density at radius 1 is 1.24 bits per heavy atom. The molecular weight excluding hydrogens is 318 g/mol. The van der Waals surface area contributed by atoms with Crippen LogP contribution in [0.5, 0.6) is 11.5 Å². The molecule has 0 aliphatic carbocycles. The Hall–Kier alpha value is -3.02. The summed E-state index contributed by atoms with van der Waals surface area (Å²) in [6.45, 7) is 4.47. The average Bonchev–Trinajstić information content (AvgIpc) is 2.61. The average molecular weight is 341 g/mol. The van der Waals surface area contributed by atoms with Gasteiger partial charge in [-0.3, -0.25) is 4.79 Å². The number of rotatable bonds is 8. The van der Waals surface area contributed by atoms with Gasteiger partial charge < -0.3 is 15.2 Å². The van der Waals surface area contributed by atoms with E-state index in [0.29, 0.717) is 18.6 Å². The fourth-order valence-electron chi connectivity index (χ4n) is 2.22. The van der Waals surface area contributed by atoms with Crippen LogP contribution >= 0.6 is 0 Å². The van der Waals surface area contributed by atoms with E-state index in [1.165, 1.54) is 6.21 Å². The molecule has 3 N–H and O–H groups in total. The maximum absolute atomic E-state index is 12.2. The number of amides is 1. The lowest BCUT2D eigenvalue weighted by Gasteiger charge is -2.16. The van der Waals surface area contributed by atoms with Crippen molar-refractivity contribution in [3.8, 4) is 11.5 Å². The zero-order chi connectivity index (χ0) is 18.1. The number of carbonyl (C=O) groups is 1. The fourth-order valence-corrected chi connectivity index (χ4v) is 2.22. The molecule has 0 unspecified atom stereocenters. The predicted molar refractivity (Wildman–Crippen MR) is 99.2 cm³/mol. The monoisotopic (exact) mass is 341 g/mol. The van der Waals surface area contributed by atoms with Gasteiger partial charge in [0.15, 0.2) is 0 Å². The van der Waals surface area contributed by atoms with Crippen LogP contribution in [0.25, 0.3) is 0 Å². The Labute approximate surface area is 147 Å². The molecule has 6 nitrogen and oxygen atoms in total. The van der Waals surface area contributed by atoms with Crippen molar-refractivity contribution < 1.29 is 14.6 Å². The SMILES string of the molecule is CCOc1ccc(N[C@H](CC)C(=O)N/N=C\c2cccc(O)c2)cc1. The molecule has 0 saturated carbocycles. The van der Waals surface area contributed by atoms with Crippen molar-refractivity contribution in [3.05, 3.63) is 54.1 Å². The van der Waals surface area contributed by atoms with E-state index in [1.54, 1.807) is 24.3 Å². The van der Waals surface area contributed by atoms with E-state index in [-0.39, 0.29) is 11.7 Å². The molecule has 0 aliphatic heterocycles. The van der Waals surface area contributed by atoms with Crippen molar-refractivity contribution in [2.45, 2.75) is 26.3 Å². The normalized spacial score (nSPS) is 11.9. The molecule has 0 bridgehead atoms. The van der Waals surface area contributed by atoms with Gasteiger partial charge in [-0.05, 0) is 55.3 Å². The van der Waals surface area contributed by atoms with E-state index in [2.05, 4.69) is 15.8 Å². The topological polar surface area (TPSA) is 83.0 Å². The lowest BCUT2D eigenvalue weighted by molar-refractivity contribution is -0.121. The Bertz CT molecular complexity index is 714. The molecular formula is C19H23N3O3. The van der Waals surface area contributed by atoms with Crippen LogP contribution < -0.4 is 15.5 Å². The van der Waals surface area contributed by atoms with Crippen molar-refractivity contribution in [1.82, 2.24) is 5.43 Å². The van der Waals surface area contributed by atoms with Gasteiger partial charge >= 0.3 is 0 Å². The number of phenols is 1. The van der Waals surface area contributed by atoms with Crippen molar-refractivity contribution in [3.63, 3.8) is 0 Å². The Morgan fingerprint density at radius 2 is 2.00 bits per heavy atom. The largest absolute Gasteiger partial charge is 0.508 e. The van der Waals surface area contributed by atoms with Crippen LogP contribution in [0, 0.1) is 0 Å². The van der Waals surface area contributed by atoms with Gasteiger partial charge in [-0.25, -0.2) is 5.43 Å². The summed E-state index contributed by atoms with van der Waals surface area (Å²) < 4.78 is 5.40. The first kappa shape index (κ1) is 18.3. The van der Waals surface area contributed by atoms with E-state index >= 15 is 0 Å². The van der Waals surface area contributed by atoms with E-state index in [0.717, 1.165) is 11.4 Å². The molecule has 25 heavy (non-hydrogen) atoms. The molecule has 0 saturated heterocycles. The van der Waals surface area contributed by atoms with Crippen LogP contribution in [0.1, 0.15) is 25.8 Å². The predicted octanol–water partition coefficient (Wildman–Crippen LogP) is 3.13.